The molecule has 0 unspecified atom stereocenters. The Morgan fingerprint density at radius 3 is 2.50 bits per heavy atom. The van der Waals surface area contributed by atoms with Gasteiger partial charge in [0.15, 0.2) is 5.16 Å². The van der Waals surface area contributed by atoms with Gasteiger partial charge in [-0.15, -0.1) is 0 Å². The third-order valence-corrected chi connectivity index (χ3v) is 5.96. The first kappa shape index (κ1) is 21.6. The van der Waals surface area contributed by atoms with E-state index < -0.39 is 0 Å². The standard InChI is InChI=1S/C25H24N4O2S/c1-2-21(19-12-14-20(30)15-13-19)27-28-24(31)17-32-25-26-22-10-6-7-11-23(22)29(25)16-18-8-4-3-5-9-18/h3-15,30H,2,16-17H2,1H3,(H,28,31). The molecule has 6 nitrogen and oxygen atoms in total. The molecule has 1 aromatic heterocycles. The Bertz CT molecular complexity index is 1230. The molecular formula is C25H24N4O2S. The number of phenolic OH excluding ortho intramolecular Hbond substituents is 1. The minimum absolute atomic E-state index is 0.196. The Labute approximate surface area is 191 Å². The molecule has 0 saturated carbocycles. The lowest BCUT2D eigenvalue weighted by atomic mass is 10.1. The summed E-state index contributed by atoms with van der Waals surface area (Å²) in [6, 6.07) is 25.0. The smallest absolute Gasteiger partial charge is 0.250 e. The Balaban J connectivity index is 1.47. The van der Waals surface area contributed by atoms with Crippen LogP contribution >= 0.6 is 11.8 Å². The van der Waals surface area contributed by atoms with Crippen LogP contribution in [0, 0.1) is 0 Å². The summed E-state index contributed by atoms with van der Waals surface area (Å²) < 4.78 is 2.14. The van der Waals surface area contributed by atoms with E-state index >= 15 is 0 Å². The van der Waals surface area contributed by atoms with Crippen molar-refractivity contribution in [2.45, 2.75) is 25.0 Å². The number of phenols is 1. The maximum Gasteiger partial charge on any atom is 0.250 e. The van der Waals surface area contributed by atoms with Crippen LogP contribution < -0.4 is 5.43 Å². The molecule has 0 saturated heterocycles. The highest BCUT2D eigenvalue weighted by molar-refractivity contribution is 7.99. The summed E-state index contributed by atoms with van der Waals surface area (Å²) in [7, 11) is 0. The second kappa shape index (κ2) is 10.2. The molecule has 1 heterocycles. The summed E-state index contributed by atoms with van der Waals surface area (Å²) >= 11 is 1.39. The molecule has 0 spiro atoms. The number of fused-ring (bicyclic) bond motifs is 1. The highest BCUT2D eigenvalue weighted by Crippen LogP contribution is 2.25. The summed E-state index contributed by atoms with van der Waals surface area (Å²) in [4.78, 5) is 17.2. The number of amides is 1. The van der Waals surface area contributed by atoms with Crippen LogP contribution in [0.3, 0.4) is 0 Å². The number of thioether (sulfide) groups is 1. The highest BCUT2D eigenvalue weighted by atomic mass is 32.2. The third-order valence-electron chi connectivity index (χ3n) is 4.99. The maximum atomic E-state index is 12.5. The number of nitrogens with zero attached hydrogens (tertiary/aromatic N) is 3. The molecule has 0 radical (unpaired) electrons. The molecule has 4 rings (SSSR count). The predicted molar refractivity (Wildman–Crippen MR) is 129 cm³/mol. The Hall–Kier alpha value is -3.58. The van der Waals surface area contributed by atoms with Crippen LogP contribution in [-0.2, 0) is 11.3 Å². The summed E-state index contributed by atoms with van der Waals surface area (Å²) in [6.07, 6.45) is 0.658. The first-order valence-corrected chi connectivity index (χ1v) is 11.4. The van der Waals surface area contributed by atoms with Crippen molar-refractivity contribution >= 4 is 34.4 Å². The Morgan fingerprint density at radius 2 is 1.75 bits per heavy atom. The monoisotopic (exact) mass is 444 g/mol. The van der Waals surface area contributed by atoms with Crippen molar-refractivity contribution < 1.29 is 9.90 Å². The zero-order valence-corrected chi connectivity index (χ0v) is 18.5. The quantitative estimate of drug-likeness (QED) is 0.232. The van der Waals surface area contributed by atoms with Gasteiger partial charge in [-0.1, -0.05) is 61.2 Å². The lowest BCUT2D eigenvalue weighted by Gasteiger charge is -2.09. The summed E-state index contributed by atoms with van der Waals surface area (Å²) in [5.74, 6) is 0.204. The van der Waals surface area contributed by atoms with E-state index in [0.717, 1.165) is 27.5 Å². The maximum absolute atomic E-state index is 12.5. The van der Waals surface area contributed by atoms with Gasteiger partial charge in [-0.3, -0.25) is 4.79 Å². The van der Waals surface area contributed by atoms with Crippen LogP contribution in [-0.4, -0.2) is 32.0 Å². The molecule has 0 atom stereocenters. The molecule has 162 valence electrons. The number of carbonyl (C=O) groups excluding carboxylic acids is 1. The number of hydrogen-bond acceptors (Lipinski definition) is 5. The van der Waals surface area contributed by atoms with E-state index in [1.54, 1.807) is 24.3 Å². The normalized spacial score (nSPS) is 11.6. The Kier molecular flexibility index (Phi) is 6.87. The van der Waals surface area contributed by atoms with Gasteiger partial charge in [0, 0.05) is 0 Å². The first-order valence-electron chi connectivity index (χ1n) is 10.4. The van der Waals surface area contributed by atoms with E-state index in [2.05, 4.69) is 27.2 Å². The number of nitrogens with one attached hydrogen (secondary N) is 1. The van der Waals surface area contributed by atoms with Crippen molar-refractivity contribution in [1.82, 2.24) is 15.0 Å². The average molecular weight is 445 g/mol. The molecule has 0 bridgehead atoms. The van der Waals surface area contributed by atoms with Gasteiger partial charge in [0.1, 0.15) is 5.75 Å². The van der Waals surface area contributed by atoms with Gasteiger partial charge in [0.05, 0.1) is 29.0 Å². The molecule has 1 amide bonds. The second-order valence-corrected chi connectivity index (χ2v) is 8.18. The number of aromatic nitrogens is 2. The topological polar surface area (TPSA) is 79.5 Å². The minimum atomic E-state index is -0.196. The molecule has 0 fully saturated rings. The van der Waals surface area contributed by atoms with Crippen LogP contribution in [0.15, 0.2) is 89.1 Å². The van der Waals surface area contributed by atoms with Crippen LogP contribution in [0.5, 0.6) is 5.75 Å². The highest BCUT2D eigenvalue weighted by Gasteiger charge is 2.13. The fraction of sp³-hybridized carbons (Fsp3) is 0.160. The lowest BCUT2D eigenvalue weighted by molar-refractivity contribution is -0.118. The molecule has 4 aromatic rings. The summed E-state index contributed by atoms with van der Waals surface area (Å²) in [6.45, 7) is 2.66. The van der Waals surface area contributed by atoms with Gasteiger partial charge in [-0.2, -0.15) is 5.10 Å². The van der Waals surface area contributed by atoms with Gasteiger partial charge >= 0.3 is 0 Å². The van der Waals surface area contributed by atoms with Crippen LogP contribution in [0.2, 0.25) is 0 Å². The van der Waals surface area contributed by atoms with Crippen LogP contribution in [0.1, 0.15) is 24.5 Å². The zero-order chi connectivity index (χ0) is 22.3. The van der Waals surface area contributed by atoms with Crippen molar-refractivity contribution in [1.29, 1.82) is 0 Å². The van der Waals surface area contributed by atoms with Crippen LogP contribution in [0.25, 0.3) is 11.0 Å². The minimum Gasteiger partial charge on any atom is -0.508 e. The van der Waals surface area contributed by atoms with Crippen molar-refractivity contribution in [2.75, 3.05) is 5.75 Å². The fourth-order valence-corrected chi connectivity index (χ4v) is 4.18. The average Bonchev–Trinajstić information content (AvgIpc) is 3.17. The number of rotatable bonds is 8. The lowest BCUT2D eigenvalue weighted by Crippen LogP contribution is -2.22. The number of hydrazone groups is 1. The number of aromatic hydroxyl groups is 1. The largest absolute Gasteiger partial charge is 0.508 e. The third kappa shape index (κ3) is 5.18. The van der Waals surface area contributed by atoms with E-state index in [-0.39, 0.29) is 17.4 Å². The summed E-state index contributed by atoms with van der Waals surface area (Å²) in [5, 5.41) is 14.5. The van der Waals surface area contributed by atoms with Gasteiger partial charge in [-0.05, 0) is 53.9 Å². The molecule has 7 heteroatoms. The van der Waals surface area contributed by atoms with E-state index in [1.165, 1.54) is 17.3 Å². The van der Waals surface area contributed by atoms with Gasteiger partial charge in [0.2, 0.25) is 0 Å². The number of imidazole rings is 1. The molecule has 32 heavy (non-hydrogen) atoms. The van der Waals surface area contributed by atoms with Crippen molar-refractivity contribution in [3.8, 4) is 5.75 Å². The zero-order valence-electron chi connectivity index (χ0n) is 17.7. The molecule has 2 N–H and O–H groups in total. The first-order chi connectivity index (χ1) is 15.6. The molecule has 0 aliphatic carbocycles. The van der Waals surface area contributed by atoms with Crippen LogP contribution in [0.4, 0.5) is 0 Å². The number of para-hydroxylation sites is 2. The van der Waals surface area contributed by atoms with E-state index in [9.17, 15) is 9.90 Å². The van der Waals surface area contributed by atoms with Gasteiger partial charge in [0.25, 0.3) is 5.91 Å². The number of carbonyl (C=O) groups is 1. The predicted octanol–water partition coefficient (Wildman–Crippen LogP) is 4.81. The molecule has 0 aliphatic rings. The van der Waals surface area contributed by atoms with E-state index in [0.29, 0.717) is 13.0 Å². The van der Waals surface area contributed by atoms with Crippen molar-refractivity contribution in [2.24, 2.45) is 5.10 Å². The number of hydrogen-bond donors (Lipinski definition) is 2. The fourth-order valence-electron chi connectivity index (χ4n) is 3.38. The SMILES string of the molecule is CCC(=NNC(=O)CSc1nc2ccccc2n1Cc1ccccc1)c1ccc(O)cc1. The van der Waals surface area contributed by atoms with Gasteiger partial charge in [-0.25, -0.2) is 10.4 Å². The van der Waals surface area contributed by atoms with Crippen molar-refractivity contribution in [3.63, 3.8) is 0 Å². The second-order valence-electron chi connectivity index (χ2n) is 7.24. The Morgan fingerprint density at radius 1 is 1.03 bits per heavy atom. The van der Waals surface area contributed by atoms with E-state index in [1.807, 2.05) is 49.4 Å². The molecule has 0 aliphatic heterocycles. The molecular weight excluding hydrogens is 420 g/mol. The van der Waals surface area contributed by atoms with E-state index in [4.69, 9.17) is 4.98 Å². The van der Waals surface area contributed by atoms with Crippen molar-refractivity contribution in [3.05, 3.63) is 90.0 Å². The number of benzene rings is 3. The summed E-state index contributed by atoms with van der Waals surface area (Å²) in [5.41, 5.74) is 7.38. The van der Waals surface area contributed by atoms with Gasteiger partial charge < -0.3 is 9.67 Å². The molecule has 3 aromatic carbocycles.